The van der Waals surface area contributed by atoms with E-state index >= 15 is 0 Å². The monoisotopic (exact) mass is 241 g/mol. The Morgan fingerprint density at radius 2 is 2.18 bits per heavy atom. The highest BCUT2D eigenvalue weighted by Crippen LogP contribution is 2.29. The van der Waals surface area contributed by atoms with Gasteiger partial charge in [0.05, 0.1) is 6.61 Å². The molecule has 1 aliphatic carbocycles. The van der Waals surface area contributed by atoms with E-state index in [0.717, 1.165) is 38.1 Å². The second-order valence-electron chi connectivity index (χ2n) is 5.20. The second-order valence-corrected chi connectivity index (χ2v) is 5.20. The summed E-state index contributed by atoms with van der Waals surface area (Å²) in [5.41, 5.74) is 5.53. The Labute approximate surface area is 105 Å². The van der Waals surface area contributed by atoms with Gasteiger partial charge < -0.3 is 10.5 Å². The molecule has 0 aliphatic heterocycles. The number of hydrogen-bond donors (Lipinski definition) is 1. The quantitative estimate of drug-likeness (QED) is 0.631. The molecule has 0 radical (unpaired) electrons. The fourth-order valence-electron chi connectivity index (χ4n) is 2.30. The number of rotatable bonds is 9. The normalized spacial score (nSPS) is 17.5. The summed E-state index contributed by atoms with van der Waals surface area (Å²) in [5.74, 6) is 1.38. The number of esters is 1. The summed E-state index contributed by atoms with van der Waals surface area (Å²) in [6.07, 6.45) is 8.68. The van der Waals surface area contributed by atoms with Crippen molar-refractivity contribution in [2.45, 2.75) is 58.3 Å². The van der Waals surface area contributed by atoms with Gasteiger partial charge in [0.15, 0.2) is 0 Å². The van der Waals surface area contributed by atoms with Gasteiger partial charge in [0, 0.05) is 6.42 Å². The van der Waals surface area contributed by atoms with E-state index in [2.05, 4.69) is 6.92 Å². The maximum absolute atomic E-state index is 11.5. The first-order chi connectivity index (χ1) is 8.26. The van der Waals surface area contributed by atoms with Gasteiger partial charge in [-0.1, -0.05) is 32.6 Å². The number of hydrogen-bond acceptors (Lipinski definition) is 3. The predicted octanol–water partition coefficient (Wildman–Crippen LogP) is 2.88. The molecule has 1 fully saturated rings. The standard InChI is InChI=1S/C14H27NO2/c1-2-12(8-10-15)6-7-14(16)17-11-9-13-4-3-5-13/h12-13H,2-11,15H2,1H3. The SMILES string of the molecule is CCC(CCN)CCC(=O)OCCC1CCC1. The maximum atomic E-state index is 11.5. The van der Waals surface area contributed by atoms with Crippen LogP contribution < -0.4 is 5.73 Å². The lowest BCUT2D eigenvalue weighted by Gasteiger charge is -2.24. The largest absolute Gasteiger partial charge is 0.466 e. The zero-order valence-electron chi connectivity index (χ0n) is 11.1. The molecule has 3 heteroatoms. The number of carbonyl (C=O) groups is 1. The van der Waals surface area contributed by atoms with Crippen molar-refractivity contribution in [2.75, 3.05) is 13.2 Å². The van der Waals surface area contributed by atoms with E-state index in [1.807, 2.05) is 0 Å². The summed E-state index contributed by atoms with van der Waals surface area (Å²) in [6, 6.07) is 0. The van der Waals surface area contributed by atoms with Gasteiger partial charge in [-0.15, -0.1) is 0 Å². The summed E-state index contributed by atoms with van der Waals surface area (Å²) >= 11 is 0. The molecule has 0 heterocycles. The van der Waals surface area contributed by atoms with Crippen molar-refractivity contribution in [1.29, 1.82) is 0 Å². The smallest absolute Gasteiger partial charge is 0.305 e. The molecule has 1 aliphatic rings. The lowest BCUT2D eigenvalue weighted by Crippen LogP contribution is -2.16. The van der Waals surface area contributed by atoms with Crippen molar-refractivity contribution in [3.8, 4) is 0 Å². The molecule has 2 N–H and O–H groups in total. The minimum absolute atomic E-state index is 0.0280. The van der Waals surface area contributed by atoms with Crippen LogP contribution >= 0.6 is 0 Å². The molecule has 3 nitrogen and oxygen atoms in total. The van der Waals surface area contributed by atoms with Crippen LogP contribution in [-0.4, -0.2) is 19.1 Å². The minimum Gasteiger partial charge on any atom is -0.466 e. The van der Waals surface area contributed by atoms with E-state index in [9.17, 15) is 4.79 Å². The van der Waals surface area contributed by atoms with Crippen LogP contribution in [0.4, 0.5) is 0 Å². The first-order valence-corrected chi connectivity index (χ1v) is 7.12. The van der Waals surface area contributed by atoms with Crippen LogP contribution in [0.2, 0.25) is 0 Å². The average Bonchev–Trinajstić information content (AvgIpc) is 2.27. The lowest BCUT2D eigenvalue weighted by molar-refractivity contribution is -0.144. The van der Waals surface area contributed by atoms with Crippen LogP contribution in [0.25, 0.3) is 0 Å². The Bertz CT molecular complexity index is 214. The number of ether oxygens (including phenoxy) is 1. The lowest BCUT2D eigenvalue weighted by atomic mass is 9.83. The molecule has 0 aromatic heterocycles. The highest BCUT2D eigenvalue weighted by Gasteiger charge is 2.17. The third-order valence-corrected chi connectivity index (χ3v) is 3.92. The summed E-state index contributed by atoms with van der Waals surface area (Å²) in [5, 5.41) is 0. The average molecular weight is 241 g/mol. The highest BCUT2D eigenvalue weighted by atomic mass is 16.5. The van der Waals surface area contributed by atoms with Crippen molar-refractivity contribution in [3.05, 3.63) is 0 Å². The van der Waals surface area contributed by atoms with Crippen LogP contribution in [-0.2, 0) is 9.53 Å². The van der Waals surface area contributed by atoms with Crippen molar-refractivity contribution in [1.82, 2.24) is 0 Å². The fourth-order valence-corrected chi connectivity index (χ4v) is 2.30. The Hall–Kier alpha value is -0.570. The van der Waals surface area contributed by atoms with Gasteiger partial charge in [-0.05, 0) is 37.6 Å². The van der Waals surface area contributed by atoms with Crippen molar-refractivity contribution >= 4 is 5.97 Å². The van der Waals surface area contributed by atoms with E-state index in [4.69, 9.17) is 10.5 Å². The zero-order valence-corrected chi connectivity index (χ0v) is 11.1. The molecule has 0 saturated heterocycles. The minimum atomic E-state index is -0.0280. The maximum Gasteiger partial charge on any atom is 0.305 e. The molecule has 0 aromatic carbocycles. The van der Waals surface area contributed by atoms with Gasteiger partial charge in [-0.3, -0.25) is 4.79 Å². The summed E-state index contributed by atoms with van der Waals surface area (Å²) in [4.78, 5) is 11.5. The predicted molar refractivity (Wildman–Crippen MR) is 69.6 cm³/mol. The molecule has 0 amide bonds. The van der Waals surface area contributed by atoms with Crippen LogP contribution in [0.3, 0.4) is 0 Å². The first-order valence-electron chi connectivity index (χ1n) is 7.12. The van der Waals surface area contributed by atoms with Gasteiger partial charge >= 0.3 is 5.97 Å². The highest BCUT2D eigenvalue weighted by molar-refractivity contribution is 5.69. The Morgan fingerprint density at radius 1 is 1.41 bits per heavy atom. The molecule has 1 unspecified atom stereocenters. The van der Waals surface area contributed by atoms with E-state index in [1.165, 1.54) is 19.3 Å². The summed E-state index contributed by atoms with van der Waals surface area (Å²) in [7, 11) is 0. The van der Waals surface area contributed by atoms with Gasteiger partial charge in [-0.25, -0.2) is 0 Å². The molecule has 17 heavy (non-hydrogen) atoms. The van der Waals surface area contributed by atoms with Gasteiger partial charge in [0.2, 0.25) is 0 Å². The molecule has 0 bridgehead atoms. The molecule has 1 saturated carbocycles. The van der Waals surface area contributed by atoms with Crippen LogP contribution in [0.5, 0.6) is 0 Å². The van der Waals surface area contributed by atoms with Gasteiger partial charge in [-0.2, -0.15) is 0 Å². The third-order valence-electron chi connectivity index (χ3n) is 3.92. The topological polar surface area (TPSA) is 52.3 Å². The second kappa shape index (κ2) is 8.51. The van der Waals surface area contributed by atoms with E-state index < -0.39 is 0 Å². The van der Waals surface area contributed by atoms with Crippen molar-refractivity contribution < 1.29 is 9.53 Å². The van der Waals surface area contributed by atoms with E-state index in [-0.39, 0.29) is 5.97 Å². The molecule has 0 aromatic rings. The molecule has 1 atom stereocenters. The first kappa shape index (κ1) is 14.5. The Balaban J connectivity index is 1.99. The molecule has 0 spiro atoms. The Kier molecular flexibility index (Phi) is 7.25. The van der Waals surface area contributed by atoms with Crippen LogP contribution in [0.1, 0.15) is 58.3 Å². The molecule has 100 valence electrons. The van der Waals surface area contributed by atoms with Crippen LogP contribution in [0, 0.1) is 11.8 Å². The number of nitrogens with two attached hydrogens (primary N) is 1. The van der Waals surface area contributed by atoms with Gasteiger partial charge in [0.25, 0.3) is 0 Å². The Morgan fingerprint density at radius 3 is 2.71 bits per heavy atom. The summed E-state index contributed by atoms with van der Waals surface area (Å²) in [6.45, 7) is 3.49. The van der Waals surface area contributed by atoms with E-state index in [1.54, 1.807) is 0 Å². The van der Waals surface area contributed by atoms with E-state index in [0.29, 0.717) is 18.9 Å². The number of carbonyl (C=O) groups excluding carboxylic acids is 1. The molecule has 1 rings (SSSR count). The molecular formula is C14H27NO2. The van der Waals surface area contributed by atoms with Crippen molar-refractivity contribution in [2.24, 2.45) is 17.6 Å². The fraction of sp³-hybridized carbons (Fsp3) is 0.929. The zero-order chi connectivity index (χ0) is 12.5. The summed E-state index contributed by atoms with van der Waals surface area (Å²) < 4.78 is 5.25. The third kappa shape index (κ3) is 6.06. The van der Waals surface area contributed by atoms with Gasteiger partial charge in [0.1, 0.15) is 0 Å². The molecular weight excluding hydrogens is 214 g/mol. The van der Waals surface area contributed by atoms with Crippen LogP contribution in [0.15, 0.2) is 0 Å². The van der Waals surface area contributed by atoms with Crippen molar-refractivity contribution in [3.63, 3.8) is 0 Å².